The van der Waals surface area contributed by atoms with Gasteiger partial charge in [0.2, 0.25) is 0 Å². The van der Waals surface area contributed by atoms with Crippen LogP contribution in [0.15, 0.2) is 71.8 Å². The van der Waals surface area contributed by atoms with E-state index in [1.54, 1.807) is 18.2 Å². The summed E-state index contributed by atoms with van der Waals surface area (Å²) in [4.78, 5) is 11.6. The molecule has 28 heavy (non-hydrogen) atoms. The molecule has 2 rings (SSSR count). The van der Waals surface area contributed by atoms with Crippen molar-refractivity contribution in [2.45, 2.75) is 26.6 Å². The molecule has 0 aliphatic heterocycles. The summed E-state index contributed by atoms with van der Waals surface area (Å²) in [5.41, 5.74) is 0.270. The van der Waals surface area contributed by atoms with Crippen LogP contribution in [0.4, 0.5) is 13.2 Å². The first-order chi connectivity index (χ1) is 13.2. The number of allylic oxidation sites excluding steroid dienone is 3. The van der Waals surface area contributed by atoms with Crippen molar-refractivity contribution in [3.8, 4) is 6.07 Å². The standard InChI is InChI=1S/C22H19F3N2O/c1-15-7-6-10-18(11-15)21(27-14-17-8-4-3-5-9-17)12-20(22(23,24)25)19(13-26)16(2)28/h3-12,27H,14H2,1-2H3/b20-19+,21-12-. The Morgan fingerprint density at radius 1 is 1.14 bits per heavy atom. The summed E-state index contributed by atoms with van der Waals surface area (Å²) in [5, 5.41) is 12.1. The molecular formula is C22H19F3N2O. The van der Waals surface area contributed by atoms with Crippen molar-refractivity contribution in [2.75, 3.05) is 0 Å². The Labute approximate surface area is 161 Å². The maximum absolute atomic E-state index is 13.6. The number of nitrogens with zero attached hydrogens (tertiary/aromatic N) is 1. The second-order valence-electron chi connectivity index (χ2n) is 6.22. The number of nitriles is 1. The van der Waals surface area contributed by atoms with Gasteiger partial charge in [-0.05, 0) is 37.1 Å². The number of rotatable bonds is 6. The molecule has 0 unspecified atom stereocenters. The predicted octanol–water partition coefficient (Wildman–Crippen LogP) is 5.10. The number of carbonyl (C=O) groups excluding carboxylic acids is 1. The van der Waals surface area contributed by atoms with Gasteiger partial charge < -0.3 is 5.32 Å². The van der Waals surface area contributed by atoms with Gasteiger partial charge in [-0.2, -0.15) is 18.4 Å². The Balaban J connectivity index is 2.58. The molecule has 0 amide bonds. The first-order valence-corrected chi connectivity index (χ1v) is 8.51. The average molecular weight is 384 g/mol. The molecule has 0 saturated heterocycles. The lowest BCUT2D eigenvalue weighted by Crippen LogP contribution is -2.18. The highest BCUT2D eigenvalue weighted by molar-refractivity contribution is 5.99. The topological polar surface area (TPSA) is 52.9 Å². The number of hydrogen-bond donors (Lipinski definition) is 1. The molecule has 2 aromatic rings. The molecule has 2 aromatic carbocycles. The Morgan fingerprint density at radius 3 is 2.36 bits per heavy atom. The van der Waals surface area contributed by atoms with Crippen LogP contribution < -0.4 is 5.32 Å². The summed E-state index contributed by atoms with van der Waals surface area (Å²) >= 11 is 0. The van der Waals surface area contributed by atoms with Crippen LogP contribution in [-0.2, 0) is 11.3 Å². The van der Waals surface area contributed by atoms with Gasteiger partial charge >= 0.3 is 6.18 Å². The van der Waals surface area contributed by atoms with Crippen LogP contribution in [-0.4, -0.2) is 12.0 Å². The number of alkyl halides is 3. The van der Waals surface area contributed by atoms with Crippen molar-refractivity contribution in [3.63, 3.8) is 0 Å². The third-order valence-corrected chi connectivity index (χ3v) is 3.98. The van der Waals surface area contributed by atoms with Crippen molar-refractivity contribution in [1.29, 1.82) is 5.26 Å². The first-order valence-electron chi connectivity index (χ1n) is 8.51. The number of benzene rings is 2. The quantitative estimate of drug-likeness (QED) is 0.428. The Bertz CT molecular complexity index is 952. The van der Waals surface area contributed by atoms with Gasteiger partial charge in [0.05, 0.1) is 5.57 Å². The monoisotopic (exact) mass is 384 g/mol. The number of hydrogen-bond acceptors (Lipinski definition) is 3. The van der Waals surface area contributed by atoms with Crippen LogP contribution in [0.2, 0.25) is 0 Å². The van der Waals surface area contributed by atoms with Crippen molar-refractivity contribution >= 4 is 11.5 Å². The summed E-state index contributed by atoms with van der Waals surface area (Å²) in [7, 11) is 0. The molecule has 0 aliphatic rings. The minimum atomic E-state index is -4.85. The highest BCUT2D eigenvalue weighted by atomic mass is 19.4. The molecule has 0 saturated carbocycles. The van der Waals surface area contributed by atoms with Crippen LogP contribution in [0.1, 0.15) is 23.6 Å². The summed E-state index contributed by atoms with van der Waals surface area (Å²) in [6.07, 6.45) is -4.02. The second-order valence-corrected chi connectivity index (χ2v) is 6.22. The molecule has 0 atom stereocenters. The highest BCUT2D eigenvalue weighted by Gasteiger charge is 2.36. The van der Waals surface area contributed by atoms with Gasteiger partial charge in [0.25, 0.3) is 0 Å². The van der Waals surface area contributed by atoms with E-state index < -0.39 is 23.1 Å². The molecule has 144 valence electrons. The van der Waals surface area contributed by atoms with Crippen molar-refractivity contribution in [2.24, 2.45) is 0 Å². The molecule has 0 heterocycles. The molecular weight excluding hydrogens is 365 g/mol. The van der Waals surface area contributed by atoms with Crippen LogP contribution in [0.5, 0.6) is 0 Å². The fourth-order valence-electron chi connectivity index (χ4n) is 2.61. The Kier molecular flexibility index (Phi) is 6.78. The Hall–Kier alpha value is -3.33. The zero-order valence-electron chi connectivity index (χ0n) is 15.5. The minimum Gasteiger partial charge on any atom is -0.380 e. The zero-order chi connectivity index (χ0) is 20.7. The zero-order valence-corrected chi connectivity index (χ0v) is 15.5. The van der Waals surface area contributed by atoms with Gasteiger partial charge in [-0.3, -0.25) is 4.79 Å². The molecule has 0 spiro atoms. The summed E-state index contributed by atoms with van der Waals surface area (Å²) < 4.78 is 40.8. The van der Waals surface area contributed by atoms with E-state index >= 15 is 0 Å². The summed E-state index contributed by atoms with van der Waals surface area (Å²) in [6.45, 7) is 3.06. The van der Waals surface area contributed by atoms with Crippen LogP contribution in [0.25, 0.3) is 5.70 Å². The van der Waals surface area contributed by atoms with Crippen molar-refractivity contribution < 1.29 is 18.0 Å². The van der Waals surface area contributed by atoms with E-state index in [2.05, 4.69) is 5.32 Å². The second kappa shape index (κ2) is 9.05. The number of Topliss-reactive ketones (excluding diaryl/α,β-unsaturated/α-hetero) is 1. The molecule has 3 nitrogen and oxygen atoms in total. The number of carbonyl (C=O) groups is 1. The fraction of sp³-hybridized carbons (Fsp3) is 0.182. The van der Waals surface area contributed by atoms with Crippen LogP contribution >= 0.6 is 0 Å². The van der Waals surface area contributed by atoms with E-state index in [0.717, 1.165) is 24.1 Å². The largest absolute Gasteiger partial charge is 0.417 e. The molecule has 0 bridgehead atoms. The molecule has 0 aliphatic carbocycles. The lowest BCUT2D eigenvalue weighted by atomic mass is 10.0. The van der Waals surface area contributed by atoms with Crippen LogP contribution in [0.3, 0.4) is 0 Å². The van der Waals surface area contributed by atoms with Gasteiger partial charge in [-0.15, -0.1) is 0 Å². The van der Waals surface area contributed by atoms with E-state index in [1.165, 1.54) is 6.07 Å². The normalized spacial score (nSPS) is 12.8. The van der Waals surface area contributed by atoms with E-state index in [9.17, 15) is 18.0 Å². The van der Waals surface area contributed by atoms with Crippen molar-refractivity contribution in [1.82, 2.24) is 5.32 Å². The molecule has 6 heteroatoms. The number of ketones is 1. The molecule has 0 radical (unpaired) electrons. The number of halogens is 3. The van der Waals surface area contributed by atoms with Crippen LogP contribution in [0, 0.1) is 18.3 Å². The van der Waals surface area contributed by atoms with Gasteiger partial charge in [-0.25, -0.2) is 0 Å². The van der Waals surface area contributed by atoms with Gasteiger partial charge in [0.1, 0.15) is 11.6 Å². The third kappa shape index (κ3) is 5.58. The first kappa shape index (κ1) is 21.0. The molecule has 0 fully saturated rings. The number of nitrogens with one attached hydrogen (secondary N) is 1. The average Bonchev–Trinajstić information content (AvgIpc) is 2.64. The van der Waals surface area contributed by atoms with Gasteiger partial charge in [0.15, 0.2) is 5.78 Å². The van der Waals surface area contributed by atoms with E-state index in [0.29, 0.717) is 5.56 Å². The van der Waals surface area contributed by atoms with Gasteiger partial charge in [-0.1, -0.05) is 54.1 Å². The number of aryl methyl sites for hydroxylation is 1. The fourth-order valence-corrected chi connectivity index (χ4v) is 2.61. The summed E-state index contributed by atoms with van der Waals surface area (Å²) in [6, 6.07) is 17.5. The lowest BCUT2D eigenvalue weighted by Gasteiger charge is -2.16. The van der Waals surface area contributed by atoms with Crippen molar-refractivity contribution in [3.05, 3.63) is 88.5 Å². The SMILES string of the molecule is CC(=O)/C(C#N)=C(\C=C(/NCc1ccccc1)c1cccc(C)c1)C(F)(F)F. The van der Waals surface area contributed by atoms with E-state index in [4.69, 9.17) is 5.26 Å². The highest BCUT2D eigenvalue weighted by Crippen LogP contribution is 2.32. The maximum atomic E-state index is 13.6. The van der Waals surface area contributed by atoms with E-state index in [1.807, 2.05) is 43.3 Å². The third-order valence-electron chi connectivity index (χ3n) is 3.98. The summed E-state index contributed by atoms with van der Waals surface area (Å²) in [5.74, 6) is -0.933. The van der Waals surface area contributed by atoms with E-state index in [-0.39, 0.29) is 12.2 Å². The Morgan fingerprint density at radius 2 is 1.82 bits per heavy atom. The molecule has 0 aromatic heterocycles. The maximum Gasteiger partial charge on any atom is 0.417 e. The predicted molar refractivity (Wildman–Crippen MR) is 102 cm³/mol. The smallest absolute Gasteiger partial charge is 0.380 e. The van der Waals surface area contributed by atoms with Gasteiger partial charge in [0, 0.05) is 12.2 Å². The molecule has 1 N–H and O–H groups in total. The minimum absolute atomic E-state index is 0.175. The lowest BCUT2D eigenvalue weighted by molar-refractivity contribution is -0.114.